The number of morpholine rings is 1. The third kappa shape index (κ3) is 9.46. The molecule has 0 radical (unpaired) electrons. The number of amides is 1. The van der Waals surface area contributed by atoms with Gasteiger partial charge in [0, 0.05) is 30.3 Å². The Kier molecular flexibility index (Phi) is 9.90. The van der Waals surface area contributed by atoms with Gasteiger partial charge >= 0.3 is 12.3 Å². The van der Waals surface area contributed by atoms with Gasteiger partial charge in [0.2, 0.25) is 6.10 Å². The Morgan fingerprint density at radius 3 is 2.26 bits per heavy atom. The van der Waals surface area contributed by atoms with Crippen LogP contribution in [0.5, 0.6) is 5.75 Å². The van der Waals surface area contributed by atoms with E-state index in [1.165, 1.54) is 24.3 Å². The summed E-state index contributed by atoms with van der Waals surface area (Å²) in [5, 5.41) is 2.69. The lowest BCUT2D eigenvalue weighted by molar-refractivity contribution is -0.208. The number of carbonyl (C=O) groups is 1. The summed E-state index contributed by atoms with van der Waals surface area (Å²) < 4.78 is 53.7. The number of anilines is 1. The van der Waals surface area contributed by atoms with Crippen LogP contribution in [0.25, 0.3) is 0 Å². The molecule has 1 aliphatic heterocycles. The molecule has 0 aliphatic carbocycles. The van der Waals surface area contributed by atoms with E-state index in [1.54, 1.807) is 12.0 Å². The molecular weight excluding hydrogens is 437 g/mol. The van der Waals surface area contributed by atoms with Gasteiger partial charge in [-0.1, -0.05) is 29.8 Å². The lowest BCUT2D eigenvalue weighted by atomic mass is 10.3. The quantitative estimate of drug-likeness (QED) is 0.691. The Morgan fingerprint density at radius 1 is 1.13 bits per heavy atom. The molecule has 3 rings (SSSR count). The third-order valence-corrected chi connectivity index (χ3v) is 4.46. The van der Waals surface area contributed by atoms with E-state index in [0.29, 0.717) is 37.0 Å². The molecule has 6 nitrogen and oxygen atoms in total. The van der Waals surface area contributed by atoms with Gasteiger partial charge in [-0.25, -0.2) is 4.79 Å². The number of nitrogens with zero attached hydrogens (tertiary/aromatic N) is 1. The topological polar surface area (TPSA) is 60.0 Å². The van der Waals surface area contributed by atoms with Crippen LogP contribution in [0, 0.1) is 0 Å². The molecule has 0 aromatic heterocycles. The van der Waals surface area contributed by atoms with E-state index in [9.17, 15) is 18.0 Å². The van der Waals surface area contributed by atoms with E-state index in [2.05, 4.69) is 10.1 Å². The average molecular weight is 461 g/mol. The second kappa shape index (κ2) is 12.4. The molecule has 170 valence electrons. The van der Waals surface area contributed by atoms with E-state index < -0.39 is 24.9 Å². The zero-order valence-electron chi connectivity index (χ0n) is 16.9. The van der Waals surface area contributed by atoms with Crippen LogP contribution >= 0.6 is 11.6 Å². The molecule has 10 heteroatoms. The number of ether oxygens (including phenoxy) is 3. The Morgan fingerprint density at radius 2 is 1.74 bits per heavy atom. The highest BCUT2D eigenvalue weighted by Gasteiger charge is 2.44. The summed E-state index contributed by atoms with van der Waals surface area (Å²) in [6.45, 7) is 1.05. The number of para-hydroxylation sites is 1. The number of hydrogen-bond acceptors (Lipinski definition) is 5. The van der Waals surface area contributed by atoms with Crippen LogP contribution in [0.3, 0.4) is 0 Å². The number of hydrogen-bond donors (Lipinski definition) is 1. The molecule has 31 heavy (non-hydrogen) atoms. The summed E-state index contributed by atoms with van der Waals surface area (Å²) in [7, 11) is 1.66. The van der Waals surface area contributed by atoms with Crippen molar-refractivity contribution in [2.45, 2.75) is 12.3 Å². The molecule has 1 fully saturated rings. The van der Waals surface area contributed by atoms with E-state index in [1.807, 2.05) is 30.3 Å². The van der Waals surface area contributed by atoms with Crippen LogP contribution in [0.4, 0.5) is 23.7 Å². The van der Waals surface area contributed by atoms with Crippen LogP contribution in [-0.2, 0) is 9.47 Å². The summed E-state index contributed by atoms with van der Waals surface area (Å²) >= 11 is 5.69. The zero-order chi connectivity index (χ0) is 22.7. The number of carbonyl (C=O) groups excluding carboxylic acids is 1. The highest BCUT2D eigenvalue weighted by Crippen LogP contribution is 2.25. The predicted molar refractivity (Wildman–Crippen MR) is 112 cm³/mol. The van der Waals surface area contributed by atoms with Gasteiger partial charge in [-0.05, 0) is 36.4 Å². The largest absolute Gasteiger partial charge is 0.497 e. The van der Waals surface area contributed by atoms with Crippen molar-refractivity contribution in [1.29, 1.82) is 0 Å². The van der Waals surface area contributed by atoms with E-state index in [4.69, 9.17) is 21.1 Å². The summed E-state index contributed by atoms with van der Waals surface area (Å²) in [5.74, 6) is 0.910. The molecule has 1 aliphatic rings. The highest BCUT2D eigenvalue weighted by molar-refractivity contribution is 6.30. The first-order valence-electron chi connectivity index (χ1n) is 9.47. The number of nitrogens with one attached hydrogen (secondary N) is 1. The molecule has 0 saturated carbocycles. The second-order valence-corrected chi connectivity index (χ2v) is 6.93. The van der Waals surface area contributed by atoms with Crippen molar-refractivity contribution in [3.8, 4) is 5.75 Å². The van der Waals surface area contributed by atoms with Gasteiger partial charge in [0.05, 0.1) is 20.3 Å². The molecule has 0 spiro atoms. The van der Waals surface area contributed by atoms with E-state index in [0.717, 1.165) is 5.75 Å². The fourth-order valence-electron chi connectivity index (χ4n) is 2.59. The van der Waals surface area contributed by atoms with Crippen LogP contribution in [0.1, 0.15) is 0 Å². The van der Waals surface area contributed by atoms with Crippen molar-refractivity contribution >= 4 is 23.4 Å². The second-order valence-electron chi connectivity index (χ2n) is 6.50. The van der Waals surface area contributed by atoms with Crippen molar-refractivity contribution in [3.63, 3.8) is 0 Å². The predicted octanol–water partition coefficient (Wildman–Crippen LogP) is 4.85. The monoisotopic (exact) mass is 460 g/mol. The maximum absolute atomic E-state index is 13.0. The molecule has 1 saturated heterocycles. The molecule has 1 heterocycles. The normalized spacial score (nSPS) is 15.3. The molecule has 0 bridgehead atoms. The first-order valence-corrected chi connectivity index (χ1v) is 9.85. The van der Waals surface area contributed by atoms with Gasteiger partial charge in [-0.2, -0.15) is 13.2 Å². The lowest BCUT2D eigenvalue weighted by Gasteiger charge is -2.30. The van der Waals surface area contributed by atoms with Crippen molar-refractivity contribution in [2.75, 3.05) is 45.3 Å². The minimum Gasteiger partial charge on any atom is -0.497 e. The molecule has 1 amide bonds. The van der Waals surface area contributed by atoms with Crippen molar-refractivity contribution in [1.82, 2.24) is 4.90 Å². The molecule has 1 N–H and O–H groups in total. The smallest absolute Gasteiger partial charge is 0.426 e. The average Bonchev–Trinajstić information content (AvgIpc) is 2.76. The van der Waals surface area contributed by atoms with Gasteiger partial charge in [0.25, 0.3) is 0 Å². The molecule has 2 aromatic carbocycles. The first-order chi connectivity index (χ1) is 14.8. The minimum absolute atomic E-state index is 0.298. The van der Waals surface area contributed by atoms with Crippen LogP contribution < -0.4 is 10.1 Å². The van der Waals surface area contributed by atoms with Crippen molar-refractivity contribution < 1.29 is 32.2 Å². The van der Waals surface area contributed by atoms with E-state index >= 15 is 0 Å². The fourth-order valence-corrected chi connectivity index (χ4v) is 2.72. The zero-order valence-corrected chi connectivity index (χ0v) is 17.7. The van der Waals surface area contributed by atoms with Gasteiger partial charge < -0.3 is 14.2 Å². The van der Waals surface area contributed by atoms with E-state index in [-0.39, 0.29) is 0 Å². The molecule has 1 atom stereocenters. The van der Waals surface area contributed by atoms with Crippen LogP contribution in [0.2, 0.25) is 5.02 Å². The SMILES string of the molecule is COc1ccccc1.O=C(Nc1ccc(Cl)cc1)OC(CN1CCOCC1)C(F)(F)F. The Labute approximate surface area is 183 Å². The maximum Gasteiger partial charge on any atom is 0.426 e. The third-order valence-electron chi connectivity index (χ3n) is 4.21. The summed E-state index contributed by atoms with van der Waals surface area (Å²) in [5.41, 5.74) is 0.298. The molecule has 1 unspecified atom stereocenters. The van der Waals surface area contributed by atoms with Gasteiger partial charge in [0.15, 0.2) is 0 Å². The number of rotatable bonds is 5. The first kappa shape index (κ1) is 24.8. The highest BCUT2D eigenvalue weighted by atomic mass is 35.5. The standard InChI is InChI=1S/C14H16ClF3N2O3.C7H8O/c15-10-1-3-11(4-2-10)19-13(21)23-12(14(16,17)18)9-20-5-7-22-8-6-20;1-8-7-5-3-2-4-6-7/h1-4,12H,5-9H2,(H,19,21);2-6H,1H3. The summed E-state index contributed by atoms with van der Waals surface area (Å²) in [6.07, 6.45) is -8.01. The Bertz CT molecular complexity index is 785. The summed E-state index contributed by atoms with van der Waals surface area (Å²) in [6, 6.07) is 15.6. The Balaban J connectivity index is 0.000000357. The van der Waals surface area contributed by atoms with Crippen LogP contribution in [-0.4, -0.2) is 63.2 Å². The van der Waals surface area contributed by atoms with Crippen molar-refractivity contribution in [3.05, 3.63) is 59.6 Å². The number of methoxy groups -OCH3 is 1. The fraction of sp³-hybridized carbons (Fsp3) is 0.381. The number of alkyl halides is 3. The Hall–Kier alpha value is -2.49. The van der Waals surface area contributed by atoms with Gasteiger partial charge in [0.1, 0.15) is 5.75 Å². The minimum atomic E-state index is -4.64. The lowest BCUT2D eigenvalue weighted by Crippen LogP contribution is -2.48. The van der Waals surface area contributed by atoms with Gasteiger partial charge in [-0.15, -0.1) is 0 Å². The molecule has 2 aromatic rings. The van der Waals surface area contributed by atoms with Crippen LogP contribution in [0.15, 0.2) is 54.6 Å². The number of benzene rings is 2. The maximum atomic E-state index is 13.0. The number of halogens is 4. The van der Waals surface area contributed by atoms with Gasteiger partial charge in [-0.3, -0.25) is 10.2 Å². The summed E-state index contributed by atoms with van der Waals surface area (Å²) in [4.78, 5) is 13.2. The molecular formula is C21H24ClF3N2O4. The van der Waals surface area contributed by atoms with Crippen molar-refractivity contribution in [2.24, 2.45) is 0 Å².